The smallest absolute Gasteiger partial charge is 0.181 e. The summed E-state index contributed by atoms with van der Waals surface area (Å²) in [6.07, 6.45) is -3.45. The molecule has 5 heteroatoms. The van der Waals surface area contributed by atoms with Crippen molar-refractivity contribution in [2.45, 2.75) is 17.4 Å². The van der Waals surface area contributed by atoms with Gasteiger partial charge in [0.05, 0.1) is 0 Å². The third-order valence-electron chi connectivity index (χ3n) is 0.587. The lowest BCUT2D eigenvalue weighted by Crippen LogP contribution is -2.33. The van der Waals surface area contributed by atoms with Crippen molar-refractivity contribution < 1.29 is 20.4 Å². The summed E-state index contributed by atoms with van der Waals surface area (Å²) < 4.78 is 0. The molecular weight excluding hydrogens is 180 g/mol. The summed E-state index contributed by atoms with van der Waals surface area (Å²) in [5, 5.41) is 31.7. The maximum absolute atomic E-state index is 8.41. The molecule has 0 aromatic carbocycles. The highest BCUT2D eigenvalue weighted by Crippen LogP contribution is 2.03. The van der Waals surface area contributed by atoms with Crippen LogP contribution < -0.4 is 0 Å². The number of rotatable bonds is 2. The van der Waals surface area contributed by atoms with Gasteiger partial charge in [-0.25, -0.2) is 0 Å². The van der Waals surface area contributed by atoms with Gasteiger partial charge in [-0.3, -0.25) is 0 Å². The van der Waals surface area contributed by atoms with E-state index in [1.165, 1.54) is 0 Å². The van der Waals surface area contributed by atoms with Crippen molar-refractivity contribution in [2.24, 2.45) is 0 Å². The van der Waals surface area contributed by atoms with E-state index in [0.717, 1.165) is 0 Å². The summed E-state index contributed by atoms with van der Waals surface area (Å²) >= 11 is 2.53. The zero-order valence-electron chi connectivity index (χ0n) is 3.90. The predicted octanol–water partition coefficient (Wildman–Crippen LogP) is -1.63. The highest BCUT2D eigenvalue weighted by Gasteiger charge is 2.19. The van der Waals surface area contributed by atoms with Crippen molar-refractivity contribution in [1.82, 2.24) is 0 Å². The number of aliphatic hydroxyl groups is 4. The Balaban J connectivity index is 3.46. The molecule has 2 atom stereocenters. The first-order chi connectivity index (χ1) is 3.55. The molecule has 4 nitrogen and oxygen atoms in total. The summed E-state index contributed by atoms with van der Waals surface area (Å²) in [4.78, 5) is 0. The summed E-state index contributed by atoms with van der Waals surface area (Å²) in [5.74, 6) is 0. The van der Waals surface area contributed by atoms with Crippen LogP contribution in [0, 0.1) is 0 Å². The lowest BCUT2D eigenvalue weighted by molar-refractivity contribution is -0.139. The Labute approximate surface area is 54.5 Å². The highest BCUT2D eigenvalue weighted by atomic mass is 79.9. The van der Waals surface area contributed by atoms with Crippen molar-refractivity contribution in [3.8, 4) is 0 Å². The van der Waals surface area contributed by atoms with Gasteiger partial charge in [-0.1, -0.05) is 15.9 Å². The summed E-state index contributed by atoms with van der Waals surface area (Å²) in [7, 11) is 0. The molecule has 0 spiro atoms. The third-order valence-corrected chi connectivity index (χ3v) is 1.13. The summed E-state index contributed by atoms with van der Waals surface area (Å²) in [6, 6.07) is 0. The number of hydrogen-bond acceptors (Lipinski definition) is 4. The Morgan fingerprint density at radius 3 is 1.38 bits per heavy atom. The Hall–Kier alpha value is 0.320. The standard InChI is InChI=1S/C3H7BrO4/c4-2(6)1(5)3(7)8/h1-3,5-8H. The van der Waals surface area contributed by atoms with Crippen LogP contribution in [0.1, 0.15) is 0 Å². The first kappa shape index (κ1) is 8.32. The molecule has 0 rings (SSSR count). The van der Waals surface area contributed by atoms with E-state index in [1.54, 1.807) is 0 Å². The fraction of sp³-hybridized carbons (Fsp3) is 1.00. The van der Waals surface area contributed by atoms with Gasteiger partial charge in [-0.05, 0) is 0 Å². The van der Waals surface area contributed by atoms with Gasteiger partial charge in [0.2, 0.25) is 0 Å². The SMILES string of the molecule is OC(O)C(O)C(O)Br. The van der Waals surface area contributed by atoms with Gasteiger partial charge in [0, 0.05) is 0 Å². The first-order valence-electron chi connectivity index (χ1n) is 1.92. The molecule has 0 aliphatic rings. The maximum Gasteiger partial charge on any atom is 0.181 e. The van der Waals surface area contributed by atoms with Gasteiger partial charge in [-0.15, -0.1) is 0 Å². The van der Waals surface area contributed by atoms with Gasteiger partial charge in [0.25, 0.3) is 0 Å². The van der Waals surface area contributed by atoms with Crippen LogP contribution in [0.5, 0.6) is 0 Å². The van der Waals surface area contributed by atoms with Crippen molar-refractivity contribution in [3.05, 3.63) is 0 Å². The van der Waals surface area contributed by atoms with Crippen LogP contribution in [0.3, 0.4) is 0 Å². The van der Waals surface area contributed by atoms with E-state index in [4.69, 9.17) is 20.4 Å². The van der Waals surface area contributed by atoms with E-state index in [2.05, 4.69) is 15.9 Å². The second-order valence-corrected chi connectivity index (χ2v) is 2.22. The molecule has 2 unspecified atom stereocenters. The fourth-order valence-electron chi connectivity index (χ4n) is 0.142. The lowest BCUT2D eigenvalue weighted by atomic mass is 10.4. The Morgan fingerprint density at radius 1 is 1.00 bits per heavy atom. The number of halogens is 1. The second-order valence-electron chi connectivity index (χ2n) is 1.28. The van der Waals surface area contributed by atoms with Crippen LogP contribution >= 0.6 is 15.9 Å². The van der Waals surface area contributed by atoms with Gasteiger partial charge < -0.3 is 20.4 Å². The minimum atomic E-state index is -1.90. The highest BCUT2D eigenvalue weighted by molar-refractivity contribution is 9.09. The monoisotopic (exact) mass is 186 g/mol. The normalized spacial score (nSPS) is 18.8. The van der Waals surface area contributed by atoms with Crippen molar-refractivity contribution in [2.75, 3.05) is 0 Å². The summed E-state index contributed by atoms with van der Waals surface area (Å²) in [6.45, 7) is 0. The van der Waals surface area contributed by atoms with Crippen LogP contribution in [0.25, 0.3) is 0 Å². The topological polar surface area (TPSA) is 80.9 Å². The predicted molar refractivity (Wildman–Crippen MR) is 29.2 cm³/mol. The Bertz CT molecular complexity index is 56.3. The molecule has 0 fully saturated rings. The molecule has 8 heavy (non-hydrogen) atoms. The van der Waals surface area contributed by atoms with Gasteiger partial charge in [-0.2, -0.15) is 0 Å². The molecule has 0 aliphatic heterocycles. The average Bonchev–Trinajstić information content (AvgIpc) is 1.64. The molecule has 0 amide bonds. The van der Waals surface area contributed by atoms with Crippen molar-refractivity contribution >= 4 is 15.9 Å². The van der Waals surface area contributed by atoms with Crippen LogP contribution in [0.4, 0.5) is 0 Å². The van der Waals surface area contributed by atoms with Crippen molar-refractivity contribution in [3.63, 3.8) is 0 Å². The fourth-order valence-corrected chi connectivity index (χ4v) is 0.415. The zero-order valence-corrected chi connectivity index (χ0v) is 5.48. The van der Waals surface area contributed by atoms with Crippen LogP contribution in [-0.2, 0) is 0 Å². The van der Waals surface area contributed by atoms with Gasteiger partial charge >= 0.3 is 0 Å². The molecule has 4 N–H and O–H groups in total. The van der Waals surface area contributed by atoms with E-state index in [-0.39, 0.29) is 0 Å². The van der Waals surface area contributed by atoms with E-state index in [1.807, 2.05) is 0 Å². The second kappa shape index (κ2) is 3.37. The van der Waals surface area contributed by atoms with Crippen LogP contribution in [-0.4, -0.2) is 37.8 Å². The molecule has 0 saturated carbocycles. The van der Waals surface area contributed by atoms with Crippen LogP contribution in [0.2, 0.25) is 0 Å². The molecule has 0 radical (unpaired) electrons. The van der Waals surface area contributed by atoms with Crippen LogP contribution in [0.15, 0.2) is 0 Å². The minimum Gasteiger partial charge on any atom is -0.384 e. The third kappa shape index (κ3) is 2.58. The van der Waals surface area contributed by atoms with E-state index >= 15 is 0 Å². The van der Waals surface area contributed by atoms with E-state index < -0.39 is 17.4 Å². The molecule has 50 valence electrons. The molecular formula is C3H7BrO4. The zero-order chi connectivity index (χ0) is 6.73. The largest absolute Gasteiger partial charge is 0.384 e. The molecule has 0 aromatic heterocycles. The summed E-state index contributed by atoms with van der Waals surface area (Å²) in [5.41, 5.74) is 0. The number of aliphatic hydroxyl groups excluding tert-OH is 3. The van der Waals surface area contributed by atoms with E-state index in [9.17, 15) is 0 Å². The van der Waals surface area contributed by atoms with Crippen molar-refractivity contribution in [1.29, 1.82) is 0 Å². The van der Waals surface area contributed by atoms with E-state index in [0.29, 0.717) is 0 Å². The molecule has 0 aromatic rings. The molecule has 0 aliphatic carbocycles. The maximum atomic E-state index is 8.41. The molecule has 0 heterocycles. The Kier molecular flexibility index (Phi) is 3.50. The average molecular weight is 187 g/mol. The number of hydrogen-bond donors (Lipinski definition) is 4. The quantitative estimate of drug-likeness (QED) is 0.309. The minimum absolute atomic E-state index is 1.29. The van der Waals surface area contributed by atoms with Gasteiger partial charge in [0.1, 0.15) is 11.1 Å². The molecule has 0 bridgehead atoms. The van der Waals surface area contributed by atoms with Gasteiger partial charge in [0.15, 0.2) is 6.29 Å². The first-order valence-corrected chi connectivity index (χ1v) is 2.83. The Morgan fingerprint density at radius 2 is 1.38 bits per heavy atom. The number of alkyl halides is 1. The molecule has 0 saturated heterocycles. The lowest BCUT2D eigenvalue weighted by Gasteiger charge is -2.12.